The van der Waals surface area contributed by atoms with Gasteiger partial charge in [-0.3, -0.25) is 0 Å². The summed E-state index contributed by atoms with van der Waals surface area (Å²) in [6.45, 7) is 1.31. The number of carbonyl (C=O) groups is 1. The lowest BCUT2D eigenvalue weighted by Gasteiger charge is -2.16. The first kappa shape index (κ1) is 13.2. The van der Waals surface area contributed by atoms with Crippen LogP contribution in [0.15, 0.2) is 18.2 Å². The Morgan fingerprint density at radius 2 is 2.29 bits per heavy atom. The van der Waals surface area contributed by atoms with E-state index in [1.54, 1.807) is 6.92 Å². The third-order valence-corrected chi connectivity index (χ3v) is 1.98. The summed E-state index contributed by atoms with van der Waals surface area (Å²) in [4.78, 5) is 10.4. The minimum Gasteiger partial charge on any atom is -0.487 e. The Hall–Kier alpha value is -1.82. The highest BCUT2D eigenvalue weighted by Crippen LogP contribution is 2.20. The second-order valence-electron chi connectivity index (χ2n) is 3.47. The van der Waals surface area contributed by atoms with Crippen LogP contribution < -0.4 is 10.5 Å². The molecular formula is C11H14FNO4. The zero-order valence-electron chi connectivity index (χ0n) is 9.35. The normalized spacial score (nSPS) is 11.9. The number of hydrogen-bond donors (Lipinski definition) is 2. The number of amides is 1. The van der Waals surface area contributed by atoms with Gasteiger partial charge in [-0.25, -0.2) is 9.18 Å². The van der Waals surface area contributed by atoms with Crippen LogP contribution in [0.25, 0.3) is 0 Å². The van der Waals surface area contributed by atoms with Crippen molar-refractivity contribution in [1.82, 2.24) is 0 Å². The van der Waals surface area contributed by atoms with E-state index in [4.69, 9.17) is 15.6 Å². The lowest BCUT2D eigenvalue weighted by Crippen LogP contribution is -2.24. The van der Waals surface area contributed by atoms with Gasteiger partial charge in [0, 0.05) is 5.56 Å². The van der Waals surface area contributed by atoms with Crippen molar-refractivity contribution in [3.05, 3.63) is 29.6 Å². The first-order valence-electron chi connectivity index (χ1n) is 5.01. The third-order valence-electron chi connectivity index (χ3n) is 1.98. The number of hydrogen-bond acceptors (Lipinski definition) is 4. The van der Waals surface area contributed by atoms with Crippen molar-refractivity contribution in [2.75, 3.05) is 6.61 Å². The molecule has 0 radical (unpaired) electrons. The maximum atomic E-state index is 12.9. The summed E-state index contributed by atoms with van der Waals surface area (Å²) in [6, 6.07) is 3.80. The zero-order valence-corrected chi connectivity index (χ0v) is 9.35. The smallest absolute Gasteiger partial charge is 0.404 e. The van der Waals surface area contributed by atoms with Gasteiger partial charge in [-0.15, -0.1) is 0 Å². The van der Waals surface area contributed by atoms with E-state index >= 15 is 0 Å². The van der Waals surface area contributed by atoms with Crippen molar-refractivity contribution in [3.8, 4) is 5.75 Å². The summed E-state index contributed by atoms with van der Waals surface area (Å²) >= 11 is 0. The molecule has 1 aromatic carbocycles. The molecular weight excluding hydrogens is 229 g/mol. The molecule has 1 unspecified atom stereocenters. The van der Waals surface area contributed by atoms with Crippen LogP contribution in [0.4, 0.5) is 9.18 Å². The lowest BCUT2D eigenvalue weighted by atomic mass is 10.2. The number of benzene rings is 1. The van der Waals surface area contributed by atoms with E-state index in [-0.39, 0.29) is 13.2 Å². The number of carbonyl (C=O) groups excluding carboxylic acids is 1. The molecule has 0 aliphatic rings. The van der Waals surface area contributed by atoms with Crippen molar-refractivity contribution < 1.29 is 23.8 Å². The fraction of sp³-hybridized carbons (Fsp3) is 0.364. The molecule has 0 saturated carbocycles. The first-order valence-corrected chi connectivity index (χ1v) is 5.01. The number of aliphatic hydroxyl groups is 1. The minimum atomic E-state index is -0.887. The molecule has 6 heteroatoms. The van der Waals surface area contributed by atoms with Gasteiger partial charge in [-0.1, -0.05) is 0 Å². The highest BCUT2D eigenvalue weighted by atomic mass is 19.1. The average molecular weight is 243 g/mol. The quantitative estimate of drug-likeness (QED) is 0.813. The van der Waals surface area contributed by atoms with Crippen LogP contribution in [0.2, 0.25) is 0 Å². The van der Waals surface area contributed by atoms with Crippen molar-refractivity contribution in [1.29, 1.82) is 0 Å². The second kappa shape index (κ2) is 6.05. The molecule has 0 aliphatic heterocycles. The molecule has 1 rings (SSSR count). The molecule has 1 aromatic rings. The molecule has 1 amide bonds. The first-order chi connectivity index (χ1) is 8.02. The fourth-order valence-electron chi connectivity index (χ4n) is 1.24. The van der Waals surface area contributed by atoms with E-state index < -0.39 is 18.0 Å². The third kappa shape index (κ3) is 4.28. The molecule has 94 valence electrons. The van der Waals surface area contributed by atoms with Gasteiger partial charge in [0.15, 0.2) is 0 Å². The maximum Gasteiger partial charge on any atom is 0.404 e. The van der Waals surface area contributed by atoms with Gasteiger partial charge in [0.1, 0.15) is 24.3 Å². The Morgan fingerprint density at radius 3 is 2.88 bits per heavy atom. The minimum absolute atomic E-state index is 0.0163. The molecule has 0 aliphatic carbocycles. The van der Waals surface area contributed by atoms with Crippen LogP contribution in [0, 0.1) is 5.82 Å². The van der Waals surface area contributed by atoms with Gasteiger partial charge in [-0.05, 0) is 25.1 Å². The average Bonchev–Trinajstić information content (AvgIpc) is 2.28. The fourth-order valence-corrected chi connectivity index (χ4v) is 1.24. The van der Waals surface area contributed by atoms with Crippen LogP contribution in [-0.4, -0.2) is 23.9 Å². The predicted molar refractivity (Wildman–Crippen MR) is 57.9 cm³/mol. The van der Waals surface area contributed by atoms with E-state index in [9.17, 15) is 9.18 Å². The number of nitrogens with two attached hydrogens (primary N) is 1. The van der Waals surface area contributed by atoms with E-state index in [2.05, 4.69) is 4.74 Å². The topological polar surface area (TPSA) is 81.8 Å². The van der Waals surface area contributed by atoms with E-state index in [0.717, 1.165) is 0 Å². The predicted octanol–water partition coefficient (Wildman–Crippen LogP) is 1.18. The van der Waals surface area contributed by atoms with Gasteiger partial charge >= 0.3 is 6.09 Å². The second-order valence-corrected chi connectivity index (χ2v) is 3.47. The van der Waals surface area contributed by atoms with Crippen molar-refractivity contribution in [2.45, 2.75) is 19.6 Å². The summed E-state index contributed by atoms with van der Waals surface area (Å²) in [5.41, 5.74) is 5.13. The van der Waals surface area contributed by atoms with E-state index in [0.29, 0.717) is 11.3 Å². The van der Waals surface area contributed by atoms with Crippen LogP contribution >= 0.6 is 0 Å². The SMILES string of the molecule is CC(COC(N)=O)Oc1ccc(F)cc1CO. The van der Waals surface area contributed by atoms with E-state index in [1.165, 1.54) is 18.2 Å². The maximum absolute atomic E-state index is 12.9. The largest absolute Gasteiger partial charge is 0.487 e. The summed E-state index contributed by atoms with van der Waals surface area (Å²) in [5, 5.41) is 9.02. The molecule has 0 spiro atoms. The molecule has 0 saturated heterocycles. The summed E-state index contributed by atoms with van der Waals surface area (Å²) in [7, 11) is 0. The Labute approximate surface area is 97.9 Å². The lowest BCUT2D eigenvalue weighted by molar-refractivity contribution is 0.0948. The van der Waals surface area contributed by atoms with Crippen molar-refractivity contribution in [2.24, 2.45) is 5.73 Å². The molecule has 0 aromatic heterocycles. The Bertz CT molecular complexity index is 397. The number of aliphatic hydroxyl groups excluding tert-OH is 1. The molecule has 0 heterocycles. The summed E-state index contributed by atoms with van der Waals surface area (Å²) in [6.07, 6.45) is -1.33. The molecule has 5 nitrogen and oxygen atoms in total. The Kier molecular flexibility index (Phi) is 4.71. The van der Waals surface area contributed by atoms with Gasteiger partial charge in [0.2, 0.25) is 0 Å². The van der Waals surface area contributed by atoms with Gasteiger partial charge < -0.3 is 20.3 Å². The summed E-state index contributed by atoms with van der Waals surface area (Å²) in [5.74, 6) is -0.114. The molecule has 0 bridgehead atoms. The molecule has 0 fully saturated rings. The Morgan fingerprint density at radius 1 is 1.59 bits per heavy atom. The van der Waals surface area contributed by atoms with Gasteiger partial charge in [0.25, 0.3) is 0 Å². The van der Waals surface area contributed by atoms with Crippen LogP contribution in [0.1, 0.15) is 12.5 Å². The monoisotopic (exact) mass is 243 g/mol. The zero-order chi connectivity index (χ0) is 12.8. The number of halogens is 1. The molecule has 17 heavy (non-hydrogen) atoms. The Balaban J connectivity index is 2.64. The van der Waals surface area contributed by atoms with E-state index in [1.807, 2.05) is 0 Å². The van der Waals surface area contributed by atoms with Crippen LogP contribution in [-0.2, 0) is 11.3 Å². The van der Waals surface area contributed by atoms with Crippen LogP contribution in [0.3, 0.4) is 0 Å². The van der Waals surface area contributed by atoms with Crippen molar-refractivity contribution >= 4 is 6.09 Å². The van der Waals surface area contributed by atoms with Gasteiger partial charge in [0.05, 0.1) is 6.61 Å². The van der Waals surface area contributed by atoms with Crippen LogP contribution in [0.5, 0.6) is 5.75 Å². The standard InChI is InChI=1S/C11H14FNO4/c1-7(6-16-11(13)15)17-10-3-2-9(12)4-8(10)5-14/h2-4,7,14H,5-6H2,1H3,(H2,13,15). The number of primary amides is 1. The number of rotatable bonds is 5. The summed E-state index contributed by atoms with van der Waals surface area (Å²) < 4.78 is 22.8. The highest BCUT2D eigenvalue weighted by Gasteiger charge is 2.10. The molecule has 1 atom stereocenters. The van der Waals surface area contributed by atoms with Crippen molar-refractivity contribution in [3.63, 3.8) is 0 Å². The highest BCUT2D eigenvalue weighted by molar-refractivity contribution is 5.64. The van der Waals surface area contributed by atoms with Gasteiger partial charge in [-0.2, -0.15) is 0 Å². The number of ether oxygens (including phenoxy) is 2. The molecule has 3 N–H and O–H groups in total.